The van der Waals surface area contributed by atoms with Gasteiger partial charge in [0.25, 0.3) is 0 Å². The van der Waals surface area contributed by atoms with E-state index in [2.05, 4.69) is 26.1 Å². The number of hydrogen-bond donors (Lipinski definition) is 1. The van der Waals surface area contributed by atoms with Crippen molar-refractivity contribution in [2.24, 2.45) is 0 Å². The van der Waals surface area contributed by atoms with Crippen molar-refractivity contribution in [2.75, 3.05) is 0 Å². The lowest BCUT2D eigenvalue weighted by atomic mass is 10.0. The molecular formula is C12H11BrN2O2S. The van der Waals surface area contributed by atoms with Crippen LogP contribution in [0.1, 0.15) is 21.5 Å². The zero-order valence-corrected chi connectivity index (χ0v) is 12.0. The van der Waals surface area contributed by atoms with Gasteiger partial charge in [-0.15, -0.1) is 21.5 Å². The number of benzene rings is 1. The first kappa shape index (κ1) is 13.2. The molecule has 0 aliphatic carbocycles. The molecule has 18 heavy (non-hydrogen) atoms. The maximum absolute atomic E-state index is 11.3. The summed E-state index contributed by atoms with van der Waals surface area (Å²) in [5, 5.41) is 18.4. The summed E-state index contributed by atoms with van der Waals surface area (Å²) < 4.78 is 0.977. The molecule has 6 heteroatoms. The van der Waals surface area contributed by atoms with Gasteiger partial charge in [0.2, 0.25) is 0 Å². The second-order valence-corrected chi connectivity index (χ2v) is 6.01. The third-order valence-corrected chi connectivity index (χ3v) is 3.97. The van der Waals surface area contributed by atoms with Crippen LogP contribution in [-0.2, 0) is 11.2 Å². The lowest BCUT2D eigenvalue weighted by Crippen LogP contribution is -2.14. The first-order chi connectivity index (χ1) is 8.56. The molecule has 4 nitrogen and oxygen atoms in total. The fourth-order valence-electron chi connectivity index (χ4n) is 1.59. The Labute approximate surface area is 117 Å². The molecule has 1 unspecified atom stereocenters. The predicted octanol–water partition coefficient (Wildman–Crippen LogP) is 3.02. The molecule has 1 N–H and O–H groups in total. The van der Waals surface area contributed by atoms with Crippen LogP contribution in [0.4, 0.5) is 0 Å². The maximum atomic E-state index is 11.3. The molecular weight excluding hydrogens is 316 g/mol. The summed E-state index contributed by atoms with van der Waals surface area (Å²) in [6.45, 7) is 1.82. The van der Waals surface area contributed by atoms with Crippen molar-refractivity contribution in [1.29, 1.82) is 0 Å². The number of aryl methyl sites for hydroxylation is 1. The maximum Gasteiger partial charge on any atom is 0.313 e. The third kappa shape index (κ3) is 3.14. The summed E-state index contributed by atoms with van der Waals surface area (Å²) in [5.41, 5.74) is 0.971. The minimum atomic E-state index is -0.867. The zero-order chi connectivity index (χ0) is 13.1. The van der Waals surface area contributed by atoms with Gasteiger partial charge >= 0.3 is 5.97 Å². The second kappa shape index (κ2) is 5.58. The van der Waals surface area contributed by atoms with E-state index in [0.29, 0.717) is 11.4 Å². The van der Waals surface area contributed by atoms with E-state index in [0.717, 1.165) is 15.0 Å². The average Bonchev–Trinajstić information content (AvgIpc) is 2.74. The van der Waals surface area contributed by atoms with Crippen molar-refractivity contribution in [3.63, 3.8) is 0 Å². The van der Waals surface area contributed by atoms with E-state index >= 15 is 0 Å². The van der Waals surface area contributed by atoms with Crippen LogP contribution in [0.5, 0.6) is 0 Å². The molecule has 0 radical (unpaired) electrons. The van der Waals surface area contributed by atoms with E-state index < -0.39 is 11.9 Å². The van der Waals surface area contributed by atoms with E-state index in [4.69, 9.17) is 0 Å². The minimum Gasteiger partial charge on any atom is -0.481 e. The van der Waals surface area contributed by atoms with Crippen molar-refractivity contribution in [2.45, 2.75) is 19.3 Å². The SMILES string of the molecule is Cc1nnc(C(Cc2ccc(Br)cc2)C(=O)O)s1. The molecule has 0 saturated heterocycles. The largest absolute Gasteiger partial charge is 0.481 e. The highest BCUT2D eigenvalue weighted by Crippen LogP contribution is 2.24. The highest BCUT2D eigenvalue weighted by Gasteiger charge is 2.24. The van der Waals surface area contributed by atoms with Crippen LogP contribution in [0.15, 0.2) is 28.7 Å². The lowest BCUT2D eigenvalue weighted by Gasteiger charge is -2.08. The summed E-state index contributed by atoms with van der Waals surface area (Å²) in [6, 6.07) is 7.63. The first-order valence-electron chi connectivity index (χ1n) is 5.33. The Morgan fingerprint density at radius 3 is 2.56 bits per heavy atom. The van der Waals surface area contributed by atoms with Crippen LogP contribution >= 0.6 is 27.3 Å². The Balaban J connectivity index is 2.22. The van der Waals surface area contributed by atoms with Crippen molar-refractivity contribution in [1.82, 2.24) is 10.2 Å². The molecule has 0 saturated carbocycles. The summed E-state index contributed by atoms with van der Waals surface area (Å²) in [5.74, 6) is -1.49. The van der Waals surface area contributed by atoms with Gasteiger partial charge in [-0.2, -0.15) is 0 Å². The molecule has 2 rings (SSSR count). The molecule has 0 amide bonds. The fraction of sp³-hybridized carbons (Fsp3) is 0.250. The van der Waals surface area contributed by atoms with Crippen LogP contribution in [0.3, 0.4) is 0 Å². The molecule has 94 valence electrons. The first-order valence-corrected chi connectivity index (χ1v) is 6.94. The number of nitrogens with zero attached hydrogens (tertiary/aromatic N) is 2. The van der Waals surface area contributed by atoms with Crippen LogP contribution < -0.4 is 0 Å². The summed E-state index contributed by atoms with van der Waals surface area (Å²) in [7, 11) is 0. The Morgan fingerprint density at radius 2 is 2.06 bits per heavy atom. The van der Waals surface area contributed by atoms with Gasteiger partial charge < -0.3 is 5.11 Å². The monoisotopic (exact) mass is 326 g/mol. The number of rotatable bonds is 4. The quantitative estimate of drug-likeness (QED) is 0.938. The number of aliphatic carboxylic acids is 1. The predicted molar refractivity (Wildman–Crippen MR) is 72.9 cm³/mol. The number of carboxylic acids is 1. The molecule has 0 bridgehead atoms. The van der Waals surface area contributed by atoms with Crippen molar-refractivity contribution in [3.8, 4) is 0 Å². The van der Waals surface area contributed by atoms with Gasteiger partial charge in [-0.1, -0.05) is 28.1 Å². The second-order valence-electron chi connectivity index (χ2n) is 3.88. The summed E-state index contributed by atoms with van der Waals surface area (Å²) >= 11 is 4.69. The van der Waals surface area contributed by atoms with Crippen LogP contribution in [-0.4, -0.2) is 21.3 Å². The fourth-order valence-corrected chi connectivity index (χ4v) is 2.65. The number of halogens is 1. The van der Waals surface area contributed by atoms with E-state index in [-0.39, 0.29) is 0 Å². The summed E-state index contributed by atoms with van der Waals surface area (Å²) in [4.78, 5) is 11.3. The van der Waals surface area contributed by atoms with Gasteiger partial charge in [-0.25, -0.2) is 0 Å². The van der Waals surface area contributed by atoms with Crippen LogP contribution in [0, 0.1) is 6.92 Å². The number of hydrogen-bond acceptors (Lipinski definition) is 4. The standard InChI is InChI=1S/C12H11BrN2O2S/c1-7-14-15-11(18-7)10(12(16)17)6-8-2-4-9(13)5-3-8/h2-5,10H,6H2,1H3,(H,16,17). The molecule has 0 aliphatic heterocycles. The Bertz CT molecular complexity index is 553. The van der Waals surface area contributed by atoms with Crippen LogP contribution in [0.2, 0.25) is 0 Å². The highest BCUT2D eigenvalue weighted by molar-refractivity contribution is 9.10. The van der Waals surface area contributed by atoms with Crippen LogP contribution in [0.25, 0.3) is 0 Å². The smallest absolute Gasteiger partial charge is 0.313 e. The van der Waals surface area contributed by atoms with Crippen molar-refractivity contribution < 1.29 is 9.90 Å². The molecule has 2 aromatic rings. The van der Waals surface area contributed by atoms with Gasteiger partial charge in [0.15, 0.2) is 0 Å². The molecule has 1 aromatic heterocycles. The number of carboxylic acid groups (broad SMARTS) is 1. The molecule has 0 fully saturated rings. The summed E-state index contributed by atoms with van der Waals surface area (Å²) in [6.07, 6.45) is 0.428. The minimum absolute atomic E-state index is 0.428. The van der Waals surface area contributed by atoms with E-state index in [9.17, 15) is 9.90 Å². The number of aromatic nitrogens is 2. The average molecular weight is 327 g/mol. The van der Waals surface area contributed by atoms with Gasteiger partial charge in [0, 0.05) is 4.47 Å². The molecule has 0 spiro atoms. The molecule has 1 heterocycles. The molecule has 0 aliphatic rings. The Kier molecular flexibility index (Phi) is 4.08. The van der Waals surface area contributed by atoms with E-state index in [1.165, 1.54) is 11.3 Å². The topological polar surface area (TPSA) is 63.1 Å². The zero-order valence-electron chi connectivity index (χ0n) is 9.63. The van der Waals surface area contributed by atoms with Gasteiger partial charge in [0.05, 0.1) is 0 Å². The highest BCUT2D eigenvalue weighted by atomic mass is 79.9. The third-order valence-electron chi connectivity index (χ3n) is 2.49. The Morgan fingerprint density at radius 1 is 1.39 bits per heavy atom. The van der Waals surface area contributed by atoms with E-state index in [1.807, 2.05) is 31.2 Å². The van der Waals surface area contributed by atoms with Crippen molar-refractivity contribution >= 4 is 33.2 Å². The van der Waals surface area contributed by atoms with Crippen molar-refractivity contribution in [3.05, 3.63) is 44.3 Å². The molecule has 1 aromatic carbocycles. The Hall–Kier alpha value is -1.27. The molecule has 1 atom stereocenters. The normalized spacial score (nSPS) is 12.3. The van der Waals surface area contributed by atoms with Gasteiger partial charge in [-0.05, 0) is 31.0 Å². The van der Waals surface area contributed by atoms with E-state index in [1.54, 1.807) is 0 Å². The lowest BCUT2D eigenvalue weighted by molar-refractivity contribution is -0.138. The van der Waals surface area contributed by atoms with Gasteiger partial charge in [-0.3, -0.25) is 4.79 Å². The number of carbonyl (C=O) groups is 1. The van der Waals surface area contributed by atoms with Gasteiger partial charge in [0.1, 0.15) is 15.9 Å².